The Morgan fingerprint density at radius 1 is 1.19 bits per heavy atom. The van der Waals surface area contributed by atoms with E-state index in [4.69, 9.17) is 16.3 Å². The third-order valence-electron chi connectivity index (χ3n) is 3.41. The van der Waals surface area contributed by atoms with E-state index in [9.17, 15) is 18.8 Å². The standard InChI is InChI=1S/C18H17ClFN3O4/c1-11(17(25)22-9-12-2-4-14(20)5-3-12)27-16(24)10-23-18(26)15-8-13(19)6-7-21-15/h2-8,11H,9-10H2,1H3,(H,22,25)(H,23,26)/t11-/m1/s1. The first-order chi connectivity index (χ1) is 12.8. The summed E-state index contributed by atoms with van der Waals surface area (Å²) in [5, 5.41) is 5.24. The lowest BCUT2D eigenvalue weighted by Crippen LogP contribution is -2.38. The molecule has 0 aliphatic carbocycles. The summed E-state index contributed by atoms with van der Waals surface area (Å²) in [7, 11) is 0. The van der Waals surface area contributed by atoms with E-state index in [-0.39, 0.29) is 18.1 Å². The Bertz CT molecular complexity index is 830. The van der Waals surface area contributed by atoms with Crippen molar-refractivity contribution >= 4 is 29.4 Å². The summed E-state index contributed by atoms with van der Waals surface area (Å²) in [6, 6.07) is 8.49. The predicted octanol–water partition coefficient (Wildman–Crippen LogP) is 1.85. The van der Waals surface area contributed by atoms with Crippen LogP contribution in [0.3, 0.4) is 0 Å². The van der Waals surface area contributed by atoms with Gasteiger partial charge in [-0.1, -0.05) is 23.7 Å². The summed E-state index contributed by atoms with van der Waals surface area (Å²) in [5.74, 6) is -2.27. The van der Waals surface area contributed by atoms with Gasteiger partial charge in [-0.15, -0.1) is 0 Å². The lowest BCUT2D eigenvalue weighted by molar-refractivity contribution is -0.153. The fraction of sp³-hybridized carbons (Fsp3) is 0.222. The molecule has 0 unspecified atom stereocenters. The maximum absolute atomic E-state index is 12.8. The van der Waals surface area contributed by atoms with Crippen LogP contribution >= 0.6 is 11.6 Å². The van der Waals surface area contributed by atoms with Crippen LogP contribution in [0.2, 0.25) is 5.02 Å². The molecule has 0 saturated heterocycles. The maximum atomic E-state index is 12.8. The van der Waals surface area contributed by atoms with Crippen molar-refractivity contribution in [3.8, 4) is 0 Å². The van der Waals surface area contributed by atoms with Crippen molar-refractivity contribution < 1.29 is 23.5 Å². The van der Waals surface area contributed by atoms with Crippen LogP contribution in [0.15, 0.2) is 42.6 Å². The predicted molar refractivity (Wildman–Crippen MR) is 95.4 cm³/mol. The molecule has 1 aromatic heterocycles. The normalized spacial score (nSPS) is 11.4. The largest absolute Gasteiger partial charge is 0.451 e. The van der Waals surface area contributed by atoms with Gasteiger partial charge >= 0.3 is 5.97 Å². The molecule has 0 bridgehead atoms. The first-order valence-corrected chi connectivity index (χ1v) is 8.34. The van der Waals surface area contributed by atoms with Crippen LogP contribution in [0.5, 0.6) is 0 Å². The second-order valence-electron chi connectivity index (χ2n) is 5.52. The molecule has 1 aromatic carbocycles. The van der Waals surface area contributed by atoms with Crippen molar-refractivity contribution in [2.45, 2.75) is 19.6 Å². The SMILES string of the molecule is C[C@@H](OC(=O)CNC(=O)c1cc(Cl)ccn1)C(=O)NCc1ccc(F)cc1. The van der Waals surface area contributed by atoms with Gasteiger partial charge in [0.25, 0.3) is 11.8 Å². The molecule has 0 saturated carbocycles. The van der Waals surface area contributed by atoms with E-state index in [0.717, 1.165) is 0 Å². The van der Waals surface area contributed by atoms with E-state index in [2.05, 4.69) is 15.6 Å². The van der Waals surface area contributed by atoms with Gasteiger partial charge in [-0.3, -0.25) is 19.4 Å². The summed E-state index contributed by atoms with van der Waals surface area (Å²) in [6.07, 6.45) is 0.308. The Morgan fingerprint density at radius 3 is 2.56 bits per heavy atom. The van der Waals surface area contributed by atoms with Gasteiger partial charge in [-0.25, -0.2) is 4.39 Å². The fourth-order valence-corrected chi connectivity index (χ4v) is 2.16. The number of hydrogen-bond acceptors (Lipinski definition) is 5. The van der Waals surface area contributed by atoms with E-state index < -0.39 is 30.4 Å². The Kier molecular flexibility index (Phi) is 7.25. The van der Waals surface area contributed by atoms with Gasteiger partial charge in [0.1, 0.15) is 18.1 Å². The molecule has 27 heavy (non-hydrogen) atoms. The van der Waals surface area contributed by atoms with E-state index >= 15 is 0 Å². The number of pyridine rings is 1. The van der Waals surface area contributed by atoms with E-state index in [1.807, 2.05) is 0 Å². The summed E-state index contributed by atoms with van der Waals surface area (Å²) in [4.78, 5) is 39.4. The number of carbonyl (C=O) groups is 3. The molecule has 2 rings (SSSR count). The van der Waals surface area contributed by atoms with Crippen molar-refractivity contribution in [1.29, 1.82) is 0 Å². The highest BCUT2D eigenvalue weighted by molar-refractivity contribution is 6.30. The topological polar surface area (TPSA) is 97.4 Å². The van der Waals surface area contributed by atoms with Crippen molar-refractivity contribution in [2.24, 2.45) is 0 Å². The van der Waals surface area contributed by atoms with Crippen LogP contribution in [-0.2, 0) is 20.9 Å². The maximum Gasteiger partial charge on any atom is 0.326 e. The van der Waals surface area contributed by atoms with Crippen LogP contribution in [-0.4, -0.2) is 35.4 Å². The highest BCUT2D eigenvalue weighted by Crippen LogP contribution is 2.07. The minimum absolute atomic E-state index is 0.0559. The third kappa shape index (κ3) is 6.67. The average Bonchev–Trinajstić information content (AvgIpc) is 2.65. The summed E-state index contributed by atoms with van der Waals surface area (Å²) >= 11 is 5.76. The van der Waals surface area contributed by atoms with Crippen molar-refractivity contribution in [2.75, 3.05) is 6.54 Å². The molecule has 9 heteroatoms. The summed E-state index contributed by atoms with van der Waals surface area (Å²) in [5.41, 5.74) is 0.755. The molecule has 1 heterocycles. The van der Waals surface area contributed by atoms with E-state index in [0.29, 0.717) is 10.6 Å². The van der Waals surface area contributed by atoms with Gasteiger partial charge < -0.3 is 15.4 Å². The van der Waals surface area contributed by atoms with E-state index in [1.165, 1.54) is 49.5 Å². The number of esters is 1. The minimum Gasteiger partial charge on any atom is -0.451 e. The zero-order valence-electron chi connectivity index (χ0n) is 14.4. The smallest absolute Gasteiger partial charge is 0.326 e. The fourth-order valence-electron chi connectivity index (χ4n) is 2.00. The van der Waals surface area contributed by atoms with E-state index in [1.54, 1.807) is 0 Å². The number of halogens is 2. The zero-order valence-corrected chi connectivity index (χ0v) is 15.1. The molecule has 2 N–H and O–H groups in total. The molecule has 0 fully saturated rings. The monoisotopic (exact) mass is 393 g/mol. The van der Waals surface area contributed by atoms with Crippen LogP contribution in [0.4, 0.5) is 4.39 Å². The summed E-state index contributed by atoms with van der Waals surface area (Å²) in [6.45, 7) is 1.14. The van der Waals surface area contributed by atoms with Gasteiger partial charge in [0, 0.05) is 17.8 Å². The number of rotatable bonds is 7. The van der Waals surface area contributed by atoms with Crippen LogP contribution in [0, 0.1) is 5.82 Å². The highest BCUT2D eigenvalue weighted by atomic mass is 35.5. The van der Waals surface area contributed by atoms with Crippen LogP contribution in [0.1, 0.15) is 23.0 Å². The van der Waals surface area contributed by atoms with Gasteiger partial charge in [0.05, 0.1) is 0 Å². The molecule has 2 aromatic rings. The second kappa shape index (κ2) is 9.63. The Hall–Kier alpha value is -3.00. The Balaban J connectivity index is 1.74. The summed E-state index contributed by atoms with van der Waals surface area (Å²) < 4.78 is 17.8. The molecule has 142 valence electrons. The molecule has 0 radical (unpaired) electrons. The number of hydrogen-bond donors (Lipinski definition) is 2. The molecular weight excluding hydrogens is 377 g/mol. The number of nitrogens with zero attached hydrogens (tertiary/aromatic N) is 1. The molecular formula is C18H17ClFN3O4. The van der Waals surface area contributed by atoms with Crippen LogP contribution < -0.4 is 10.6 Å². The zero-order chi connectivity index (χ0) is 19.8. The number of nitrogens with one attached hydrogen (secondary N) is 2. The Morgan fingerprint density at radius 2 is 1.89 bits per heavy atom. The lowest BCUT2D eigenvalue weighted by atomic mass is 10.2. The molecule has 1 atom stereocenters. The first-order valence-electron chi connectivity index (χ1n) is 7.96. The third-order valence-corrected chi connectivity index (χ3v) is 3.64. The van der Waals surface area contributed by atoms with Crippen molar-refractivity contribution in [3.05, 3.63) is 64.7 Å². The second-order valence-corrected chi connectivity index (χ2v) is 5.95. The quantitative estimate of drug-likeness (QED) is 0.700. The first kappa shape index (κ1) is 20.3. The van der Waals surface area contributed by atoms with Gasteiger partial charge in [0.15, 0.2) is 6.10 Å². The van der Waals surface area contributed by atoms with Crippen molar-refractivity contribution in [1.82, 2.24) is 15.6 Å². The number of ether oxygens (including phenoxy) is 1. The number of aromatic nitrogens is 1. The van der Waals surface area contributed by atoms with Gasteiger partial charge in [-0.05, 0) is 36.8 Å². The highest BCUT2D eigenvalue weighted by Gasteiger charge is 2.18. The average molecular weight is 394 g/mol. The number of carbonyl (C=O) groups excluding carboxylic acids is 3. The van der Waals surface area contributed by atoms with Crippen LogP contribution in [0.25, 0.3) is 0 Å². The lowest BCUT2D eigenvalue weighted by Gasteiger charge is -2.14. The molecule has 7 nitrogen and oxygen atoms in total. The number of amides is 2. The van der Waals surface area contributed by atoms with Crippen molar-refractivity contribution in [3.63, 3.8) is 0 Å². The Labute approximate surface area is 159 Å². The minimum atomic E-state index is -1.06. The van der Waals surface area contributed by atoms with Gasteiger partial charge in [0.2, 0.25) is 0 Å². The van der Waals surface area contributed by atoms with Gasteiger partial charge in [-0.2, -0.15) is 0 Å². The molecule has 2 amide bonds. The molecule has 0 aliphatic rings. The molecule has 0 spiro atoms. The number of benzene rings is 1. The molecule has 0 aliphatic heterocycles.